The Hall–Kier alpha value is -2.55. The molecule has 1 unspecified atom stereocenters. The predicted molar refractivity (Wildman–Crippen MR) is 75.8 cm³/mol. The van der Waals surface area contributed by atoms with Gasteiger partial charge < -0.3 is 14.7 Å². The molecule has 0 aliphatic heterocycles. The Bertz CT molecular complexity index is 534. The van der Waals surface area contributed by atoms with Crippen LogP contribution in [0.5, 0.6) is 5.75 Å². The average molecular weight is 290 g/mol. The van der Waals surface area contributed by atoms with Crippen LogP contribution >= 0.6 is 0 Å². The SMILES string of the molecule is CC(Oc1ccc(C#N)cc1)C(=O)N(C)CCCC(=O)O. The summed E-state index contributed by atoms with van der Waals surface area (Å²) < 4.78 is 5.51. The molecule has 0 aliphatic carbocycles. The maximum Gasteiger partial charge on any atom is 0.303 e. The van der Waals surface area contributed by atoms with Crippen molar-refractivity contribution in [1.82, 2.24) is 4.90 Å². The second-order valence-corrected chi connectivity index (χ2v) is 4.65. The van der Waals surface area contributed by atoms with Crippen LogP contribution in [0.4, 0.5) is 0 Å². The third kappa shape index (κ3) is 5.53. The fraction of sp³-hybridized carbons (Fsp3) is 0.400. The molecular formula is C15H18N2O4. The number of amides is 1. The second kappa shape index (κ2) is 7.90. The van der Waals surface area contributed by atoms with Gasteiger partial charge in [0, 0.05) is 20.0 Å². The Morgan fingerprint density at radius 1 is 1.38 bits per heavy atom. The zero-order valence-electron chi connectivity index (χ0n) is 12.1. The van der Waals surface area contributed by atoms with E-state index in [-0.39, 0.29) is 12.3 Å². The molecule has 0 saturated heterocycles. The summed E-state index contributed by atoms with van der Waals surface area (Å²) >= 11 is 0. The number of carbonyl (C=O) groups is 2. The minimum absolute atomic E-state index is 0.0302. The van der Waals surface area contributed by atoms with E-state index < -0.39 is 12.1 Å². The van der Waals surface area contributed by atoms with E-state index in [0.717, 1.165) is 0 Å². The van der Waals surface area contributed by atoms with Gasteiger partial charge in [-0.1, -0.05) is 0 Å². The van der Waals surface area contributed by atoms with Gasteiger partial charge >= 0.3 is 5.97 Å². The van der Waals surface area contributed by atoms with E-state index in [2.05, 4.69) is 0 Å². The Morgan fingerprint density at radius 2 is 2.00 bits per heavy atom. The van der Waals surface area contributed by atoms with E-state index in [1.807, 2.05) is 6.07 Å². The molecule has 21 heavy (non-hydrogen) atoms. The zero-order chi connectivity index (χ0) is 15.8. The standard InChI is InChI=1S/C15H18N2O4/c1-11(15(20)17(2)9-3-4-14(18)19)21-13-7-5-12(10-16)6-8-13/h5-8,11H,3-4,9H2,1-2H3,(H,18,19). The smallest absolute Gasteiger partial charge is 0.303 e. The third-order valence-corrected chi connectivity index (χ3v) is 2.90. The van der Waals surface area contributed by atoms with Crippen molar-refractivity contribution in [3.05, 3.63) is 29.8 Å². The van der Waals surface area contributed by atoms with Crippen LogP contribution in [0, 0.1) is 11.3 Å². The molecule has 0 spiro atoms. The fourth-order valence-corrected chi connectivity index (χ4v) is 1.75. The van der Waals surface area contributed by atoms with E-state index in [1.165, 1.54) is 4.90 Å². The highest BCUT2D eigenvalue weighted by atomic mass is 16.5. The number of nitriles is 1. The van der Waals surface area contributed by atoms with Crippen molar-refractivity contribution < 1.29 is 19.4 Å². The van der Waals surface area contributed by atoms with Gasteiger partial charge in [-0.15, -0.1) is 0 Å². The first-order chi connectivity index (χ1) is 9.93. The first kappa shape index (κ1) is 16.5. The van der Waals surface area contributed by atoms with Gasteiger partial charge in [0.2, 0.25) is 0 Å². The summed E-state index contributed by atoms with van der Waals surface area (Å²) in [5, 5.41) is 17.3. The van der Waals surface area contributed by atoms with E-state index in [1.54, 1.807) is 38.2 Å². The molecular weight excluding hydrogens is 272 g/mol. The second-order valence-electron chi connectivity index (χ2n) is 4.65. The van der Waals surface area contributed by atoms with Gasteiger partial charge in [0.1, 0.15) is 5.75 Å². The van der Waals surface area contributed by atoms with Crippen molar-refractivity contribution in [3.8, 4) is 11.8 Å². The fourth-order valence-electron chi connectivity index (χ4n) is 1.75. The number of likely N-dealkylation sites (N-methyl/N-ethyl adjacent to an activating group) is 1. The number of ether oxygens (including phenoxy) is 1. The molecule has 6 nitrogen and oxygen atoms in total. The highest BCUT2D eigenvalue weighted by Gasteiger charge is 2.19. The van der Waals surface area contributed by atoms with E-state index >= 15 is 0 Å². The predicted octanol–water partition coefficient (Wildman–Crippen LogP) is 1.65. The van der Waals surface area contributed by atoms with Gasteiger partial charge in [-0.25, -0.2) is 0 Å². The Kier molecular flexibility index (Phi) is 6.21. The lowest BCUT2D eigenvalue weighted by Crippen LogP contribution is -2.38. The van der Waals surface area contributed by atoms with Crippen LogP contribution in [0.3, 0.4) is 0 Å². The number of hydrogen-bond donors (Lipinski definition) is 1. The average Bonchev–Trinajstić information content (AvgIpc) is 2.46. The van der Waals surface area contributed by atoms with Gasteiger partial charge in [-0.05, 0) is 37.6 Å². The Balaban J connectivity index is 2.49. The summed E-state index contributed by atoms with van der Waals surface area (Å²) in [5.74, 6) is -0.587. The molecule has 0 aromatic heterocycles. The molecule has 1 rings (SSSR count). The molecule has 0 bridgehead atoms. The minimum Gasteiger partial charge on any atom is -0.481 e. The topological polar surface area (TPSA) is 90.6 Å². The quantitative estimate of drug-likeness (QED) is 0.824. The molecule has 0 saturated carbocycles. The number of aliphatic carboxylic acids is 1. The summed E-state index contributed by atoms with van der Waals surface area (Å²) in [6.45, 7) is 2.00. The third-order valence-electron chi connectivity index (χ3n) is 2.90. The van der Waals surface area contributed by atoms with Gasteiger partial charge in [-0.3, -0.25) is 9.59 Å². The minimum atomic E-state index is -0.877. The summed E-state index contributed by atoms with van der Waals surface area (Å²) in [6.07, 6.45) is -0.239. The van der Waals surface area contributed by atoms with Gasteiger partial charge in [0.25, 0.3) is 5.91 Å². The maximum absolute atomic E-state index is 12.0. The van der Waals surface area contributed by atoms with Crippen LogP contribution in [0.15, 0.2) is 24.3 Å². The number of carbonyl (C=O) groups excluding carboxylic acids is 1. The number of nitrogens with zero attached hydrogens (tertiary/aromatic N) is 2. The molecule has 0 heterocycles. The summed E-state index contributed by atoms with van der Waals surface area (Å²) in [5.41, 5.74) is 0.520. The van der Waals surface area contributed by atoms with E-state index in [9.17, 15) is 9.59 Å². The lowest BCUT2D eigenvalue weighted by Gasteiger charge is -2.22. The largest absolute Gasteiger partial charge is 0.481 e. The molecule has 1 amide bonds. The number of rotatable bonds is 7. The number of hydrogen-bond acceptors (Lipinski definition) is 4. The van der Waals surface area contributed by atoms with Crippen LogP contribution in [0.1, 0.15) is 25.3 Å². The first-order valence-corrected chi connectivity index (χ1v) is 6.57. The molecule has 1 atom stereocenters. The molecule has 1 aromatic rings. The molecule has 1 aromatic carbocycles. The van der Waals surface area contributed by atoms with Crippen LogP contribution < -0.4 is 4.74 Å². The molecule has 0 fully saturated rings. The molecule has 112 valence electrons. The summed E-state index contributed by atoms with van der Waals surface area (Å²) in [6, 6.07) is 8.49. The summed E-state index contributed by atoms with van der Waals surface area (Å²) in [4.78, 5) is 23.9. The van der Waals surface area contributed by atoms with Crippen molar-refractivity contribution in [2.75, 3.05) is 13.6 Å². The van der Waals surface area contributed by atoms with Crippen LogP contribution in [0.2, 0.25) is 0 Å². The van der Waals surface area contributed by atoms with Crippen molar-refractivity contribution in [3.63, 3.8) is 0 Å². The Labute approximate surface area is 123 Å². The first-order valence-electron chi connectivity index (χ1n) is 6.57. The monoisotopic (exact) mass is 290 g/mol. The highest BCUT2D eigenvalue weighted by molar-refractivity contribution is 5.80. The number of carboxylic acid groups (broad SMARTS) is 1. The molecule has 0 radical (unpaired) electrons. The van der Waals surface area contributed by atoms with Crippen molar-refractivity contribution in [2.24, 2.45) is 0 Å². The lowest BCUT2D eigenvalue weighted by molar-refractivity contribution is -0.139. The Morgan fingerprint density at radius 3 is 2.52 bits per heavy atom. The number of benzene rings is 1. The van der Waals surface area contributed by atoms with E-state index in [0.29, 0.717) is 24.3 Å². The zero-order valence-corrected chi connectivity index (χ0v) is 12.1. The van der Waals surface area contributed by atoms with Gasteiger partial charge in [0.05, 0.1) is 11.6 Å². The highest BCUT2D eigenvalue weighted by Crippen LogP contribution is 2.14. The maximum atomic E-state index is 12.0. The van der Waals surface area contributed by atoms with Gasteiger partial charge in [0.15, 0.2) is 6.10 Å². The van der Waals surface area contributed by atoms with Crippen molar-refractivity contribution in [2.45, 2.75) is 25.9 Å². The normalized spacial score (nSPS) is 11.3. The van der Waals surface area contributed by atoms with Crippen molar-refractivity contribution >= 4 is 11.9 Å². The van der Waals surface area contributed by atoms with Crippen LogP contribution in [0.25, 0.3) is 0 Å². The van der Waals surface area contributed by atoms with E-state index in [4.69, 9.17) is 15.1 Å². The van der Waals surface area contributed by atoms with Crippen LogP contribution in [-0.4, -0.2) is 41.6 Å². The lowest BCUT2D eigenvalue weighted by atomic mass is 10.2. The molecule has 6 heteroatoms. The molecule has 1 N–H and O–H groups in total. The van der Waals surface area contributed by atoms with Crippen LogP contribution in [-0.2, 0) is 9.59 Å². The van der Waals surface area contributed by atoms with Gasteiger partial charge in [-0.2, -0.15) is 5.26 Å². The summed E-state index contributed by atoms with van der Waals surface area (Å²) in [7, 11) is 1.61. The number of carboxylic acids is 1. The molecule has 0 aliphatic rings. The van der Waals surface area contributed by atoms with Crippen molar-refractivity contribution in [1.29, 1.82) is 5.26 Å².